The smallest absolute Gasteiger partial charge is 0.114 e. The zero-order chi connectivity index (χ0) is 15.2. The van der Waals surface area contributed by atoms with E-state index in [4.69, 9.17) is 22.3 Å². The number of fused-ring (bicyclic) bond motifs is 1. The number of rotatable bonds is 1. The Hall–Kier alpha value is -1.65. The summed E-state index contributed by atoms with van der Waals surface area (Å²) in [6.45, 7) is 6.40. The summed E-state index contributed by atoms with van der Waals surface area (Å²) in [7, 11) is 0. The van der Waals surface area contributed by atoms with Crippen LogP contribution in [0.4, 0.5) is 5.00 Å². The van der Waals surface area contributed by atoms with E-state index < -0.39 is 0 Å². The van der Waals surface area contributed by atoms with Gasteiger partial charge < -0.3 is 5.73 Å². The van der Waals surface area contributed by atoms with Crippen LogP contribution in [-0.2, 0) is 5.41 Å². The number of nitrogen functional groups attached to an aromatic ring is 1. The lowest BCUT2D eigenvalue weighted by Gasteiger charge is -2.13. The van der Waals surface area contributed by atoms with E-state index >= 15 is 0 Å². The highest BCUT2D eigenvalue weighted by Gasteiger charge is 2.22. The average molecular weight is 318 g/mol. The molecule has 0 saturated carbocycles. The van der Waals surface area contributed by atoms with Crippen LogP contribution < -0.4 is 5.73 Å². The molecule has 3 rings (SSSR count). The third-order valence-corrected chi connectivity index (χ3v) is 4.91. The molecule has 3 aromatic rings. The Morgan fingerprint density at radius 2 is 1.95 bits per heavy atom. The summed E-state index contributed by atoms with van der Waals surface area (Å²) in [6, 6.07) is 7.65. The van der Waals surface area contributed by atoms with Gasteiger partial charge in [0.05, 0.1) is 10.5 Å². The maximum Gasteiger partial charge on any atom is 0.114 e. The van der Waals surface area contributed by atoms with Crippen LogP contribution >= 0.6 is 22.9 Å². The second kappa shape index (κ2) is 4.97. The predicted molar refractivity (Wildman–Crippen MR) is 91.0 cm³/mol. The minimum absolute atomic E-state index is 0.0211. The lowest BCUT2D eigenvalue weighted by Crippen LogP contribution is -2.10. The van der Waals surface area contributed by atoms with Crippen LogP contribution in [0.5, 0.6) is 0 Å². The van der Waals surface area contributed by atoms with Gasteiger partial charge in [0.15, 0.2) is 0 Å². The van der Waals surface area contributed by atoms with E-state index in [1.807, 2.05) is 24.3 Å². The lowest BCUT2D eigenvalue weighted by molar-refractivity contribution is 0.586. The van der Waals surface area contributed by atoms with Crippen LogP contribution in [0, 0.1) is 0 Å². The Morgan fingerprint density at radius 1 is 1.19 bits per heavy atom. The molecule has 1 aromatic carbocycles. The Kier molecular flexibility index (Phi) is 3.38. The molecule has 0 aliphatic heterocycles. The summed E-state index contributed by atoms with van der Waals surface area (Å²) in [5.74, 6) is 0. The number of thiazole rings is 1. The molecule has 21 heavy (non-hydrogen) atoms. The summed E-state index contributed by atoms with van der Waals surface area (Å²) in [5.41, 5.74) is 8.74. The molecule has 108 valence electrons. The number of nitrogens with two attached hydrogens (primary N) is 1. The average Bonchev–Trinajstić information content (AvgIpc) is 2.82. The number of nitrogens with zero attached hydrogens (tertiary/aromatic N) is 2. The van der Waals surface area contributed by atoms with Crippen LogP contribution in [0.3, 0.4) is 0 Å². The fourth-order valence-electron chi connectivity index (χ4n) is 2.17. The molecular formula is C16H16ClN3S. The highest BCUT2D eigenvalue weighted by molar-refractivity contribution is 7.16. The monoisotopic (exact) mass is 317 g/mol. The van der Waals surface area contributed by atoms with Crippen molar-refractivity contribution in [1.82, 2.24) is 9.97 Å². The molecule has 0 atom stereocenters. The molecule has 2 N–H and O–H groups in total. The Morgan fingerprint density at radius 3 is 2.62 bits per heavy atom. The van der Waals surface area contributed by atoms with E-state index in [0.717, 1.165) is 27.2 Å². The predicted octanol–water partition coefficient (Wildman–Crippen LogP) is 4.89. The fraction of sp³-hybridized carbons (Fsp3) is 0.250. The topological polar surface area (TPSA) is 51.8 Å². The van der Waals surface area contributed by atoms with Crippen molar-refractivity contribution in [3.63, 3.8) is 0 Å². The van der Waals surface area contributed by atoms with Gasteiger partial charge in [0.2, 0.25) is 0 Å². The second-order valence-electron chi connectivity index (χ2n) is 5.98. The van der Waals surface area contributed by atoms with Gasteiger partial charge in [-0.2, -0.15) is 0 Å². The van der Waals surface area contributed by atoms with Crippen LogP contribution in [-0.4, -0.2) is 9.97 Å². The third kappa shape index (κ3) is 2.49. The van der Waals surface area contributed by atoms with Gasteiger partial charge in [-0.1, -0.05) is 32.4 Å². The Balaban J connectivity index is 2.27. The van der Waals surface area contributed by atoms with E-state index in [1.54, 1.807) is 6.20 Å². The van der Waals surface area contributed by atoms with Gasteiger partial charge >= 0.3 is 0 Å². The van der Waals surface area contributed by atoms with E-state index in [1.165, 1.54) is 11.3 Å². The molecular weight excluding hydrogens is 302 g/mol. The summed E-state index contributed by atoms with van der Waals surface area (Å²) >= 11 is 7.78. The molecule has 0 amide bonds. The van der Waals surface area contributed by atoms with Gasteiger partial charge in [0.1, 0.15) is 15.7 Å². The van der Waals surface area contributed by atoms with Crippen molar-refractivity contribution >= 4 is 38.8 Å². The van der Waals surface area contributed by atoms with Gasteiger partial charge in [0, 0.05) is 22.6 Å². The first-order valence-electron chi connectivity index (χ1n) is 6.68. The molecule has 0 spiro atoms. The minimum atomic E-state index is -0.0211. The maximum absolute atomic E-state index is 6.25. The molecule has 0 unspecified atom stereocenters. The Labute approximate surface area is 132 Å². The molecule has 5 heteroatoms. The van der Waals surface area contributed by atoms with Crippen molar-refractivity contribution in [3.8, 4) is 11.3 Å². The van der Waals surface area contributed by atoms with Crippen molar-refractivity contribution in [1.29, 1.82) is 0 Å². The Bertz CT molecular complexity index is 818. The molecule has 0 bridgehead atoms. The van der Waals surface area contributed by atoms with Crippen LogP contribution in [0.2, 0.25) is 5.02 Å². The molecule has 3 nitrogen and oxygen atoms in total. The maximum atomic E-state index is 6.25. The van der Waals surface area contributed by atoms with Crippen molar-refractivity contribution in [2.75, 3.05) is 5.73 Å². The number of pyridine rings is 1. The van der Waals surface area contributed by atoms with Crippen LogP contribution in [0.15, 0.2) is 30.5 Å². The zero-order valence-electron chi connectivity index (χ0n) is 12.1. The molecule has 0 radical (unpaired) electrons. The minimum Gasteiger partial charge on any atom is -0.389 e. The summed E-state index contributed by atoms with van der Waals surface area (Å²) in [4.78, 5) is 9.20. The molecule has 0 fully saturated rings. The van der Waals surface area contributed by atoms with Crippen LogP contribution in [0.1, 0.15) is 25.8 Å². The normalized spacial score (nSPS) is 12.0. The van der Waals surface area contributed by atoms with Crippen molar-refractivity contribution in [2.45, 2.75) is 26.2 Å². The number of aromatic nitrogens is 2. The van der Waals surface area contributed by atoms with E-state index in [-0.39, 0.29) is 5.41 Å². The molecule has 0 aliphatic rings. The van der Waals surface area contributed by atoms with Crippen molar-refractivity contribution < 1.29 is 0 Å². The lowest BCUT2D eigenvalue weighted by atomic mass is 9.98. The summed E-state index contributed by atoms with van der Waals surface area (Å²) in [6.07, 6.45) is 1.76. The van der Waals surface area contributed by atoms with E-state index in [9.17, 15) is 0 Å². The van der Waals surface area contributed by atoms with Crippen LogP contribution in [0.25, 0.3) is 22.2 Å². The van der Waals surface area contributed by atoms with Gasteiger partial charge in [0.25, 0.3) is 0 Å². The number of benzene rings is 1. The van der Waals surface area contributed by atoms with E-state index in [0.29, 0.717) is 10.0 Å². The molecule has 2 aromatic heterocycles. The van der Waals surface area contributed by atoms with Crippen molar-refractivity contribution in [2.24, 2.45) is 0 Å². The van der Waals surface area contributed by atoms with Gasteiger partial charge in [-0.15, -0.1) is 11.3 Å². The quantitative estimate of drug-likeness (QED) is 0.695. The zero-order valence-corrected chi connectivity index (χ0v) is 13.7. The van der Waals surface area contributed by atoms with Gasteiger partial charge in [-0.25, -0.2) is 4.98 Å². The highest BCUT2D eigenvalue weighted by atomic mass is 35.5. The van der Waals surface area contributed by atoms with Crippen molar-refractivity contribution in [3.05, 3.63) is 40.5 Å². The number of anilines is 1. The fourth-order valence-corrected chi connectivity index (χ4v) is 3.29. The SMILES string of the molecule is CC(C)(C)c1nc(-c2ccc(Cl)c3cccnc23)c(N)s1. The molecule has 0 aliphatic carbocycles. The largest absolute Gasteiger partial charge is 0.389 e. The highest BCUT2D eigenvalue weighted by Crippen LogP contribution is 2.39. The first-order chi connectivity index (χ1) is 9.88. The molecule has 0 saturated heterocycles. The first-order valence-corrected chi connectivity index (χ1v) is 7.88. The number of hydrogen-bond acceptors (Lipinski definition) is 4. The van der Waals surface area contributed by atoms with Gasteiger partial charge in [-0.05, 0) is 24.3 Å². The van der Waals surface area contributed by atoms with E-state index in [2.05, 4.69) is 25.8 Å². The standard InChI is InChI=1S/C16H16ClN3S/c1-16(2,3)15-20-13(14(18)21-15)10-6-7-11(17)9-5-4-8-19-12(9)10/h4-8H,18H2,1-3H3. The number of hydrogen-bond donors (Lipinski definition) is 1. The second-order valence-corrected chi connectivity index (χ2v) is 7.41. The number of halogens is 1. The van der Waals surface area contributed by atoms with Gasteiger partial charge in [-0.3, -0.25) is 4.98 Å². The summed E-state index contributed by atoms with van der Waals surface area (Å²) in [5, 5.41) is 3.34. The molecule has 2 heterocycles. The summed E-state index contributed by atoms with van der Waals surface area (Å²) < 4.78 is 0. The third-order valence-electron chi connectivity index (χ3n) is 3.27. The first kappa shape index (κ1) is 14.3.